The molecule has 2 nitrogen and oxygen atoms in total. The Morgan fingerprint density at radius 3 is 2.47 bits per heavy atom. The summed E-state index contributed by atoms with van der Waals surface area (Å²) in [6.45, 7) is 7.90. The van der Waals surface area contributed by atoms with Crippen molar-refractivity contribution in [3.63, 3.8) is 0 Å². The highest BCUT2D eigenvalue weighted by atomic mass is 32.1. The van der Waals surface area contributed by atoms with Crippen LogP contribution in [0.25, 0.3) is 0 Å². The summed E-state index contributed by atoms with van der Waals surface area (Å²) in [4.78, 5) is 2.80. The lowest BCUT2D eigenvalue weighted by Gasteiger charge is -2.41. The molecule has 0 aliphatic heterocycles. The molecule has 0 spiro atoms. The molecule has 1 fully saturated rings. The Labute approximate surface area is 108 Å². The number of hydrogen-bond donors (Lipinski definition) is 2. The smallest absolute Gasteiger partial charge is 0.0613 e. The summed E-state index contributed by atoms with van der Waals surface area (Å²) >= 11 is 1.88. The topological polar surface area (TPSA) is 32.3 Å². The number of aliphatic hydroxyl groups is 1. The summed E-state index contributed by atoms with van der Waals surface area (Å²) in [5.74, 6) is 0. The van der Waals surface area contributed by atoms with Crippen LogP contribution in [0.5, 0.6) is 0 Å². The van der Waals surface area contributed by atoms with Crippen LogP contribution in [0.2, 0.25) is 0 Å². The SMILES string of the molecule is CC(C)(C)c1ccc(CNC2(CO)CCC2)s1. The molecular formula is C14H23NOS. The number of aliphatic hydroxyl groups excluding tert-OH is 1. The predicted octanol–water partition coefficient (Wildman–Crippen LogP) is 3.05. The van der Waals surface area contributed by atoms with Crippen LogP contribution >= 0.6 is 11.3 Å². The van der Waals surface area contributed by atoms with Crippen molar-refractivity contribution < 1.29 is 5.11 Å². The van der Waals surface area contributed by atoms with Crippen molar-refractivity contribution in [3.8, 4) is 0 Å². The largest absolute Gasteiger partial charge is 0.394 e. The van der Waals surface area contributed by atoms with E-state index in [9.17, 15) is 5.11 Å². The third kappa shape index (κ3) is 2.90. The van der Waals surface area contributed by atoms with Gasteiger partial charge in [0.2, 0.25) is 0 Å². The maximum atomic E-state index is 9.39. The van der Waals surface area contributed by atoms with Crippen molar-refractivity contribution in [2.75, 3.05) is 6.61 Å². The van der Waals surface area contributed by atoms with Gasteiger partial charge in [-0.2, -0.15) is 0 Å². The molecule has 0 atom stereocenters. The third-order valence-electron chi connectivity index (χ3n) is 3.65. The van der Waals surface area contributed by atoms with Crippen molar-refractivity contribution in [2.24, 2.45) is 0 Å². The maximum Gasteiger partial charge on any atom is 0.0613 e. The predicted molar refractivity (Wildman–Crippen MR) is 73.5 cm³/mol. The minimum absolute atomic E-state index is 0.0197. The van der Waals surface area contributed by atoms with E-state index in [1.807, 2.05) is 11.3 Å². The summed E-state index contributed by atoms with van der Waals surface area (Å²) in [6.07, 6.45) is 3.47. The zero-order valence-corrected chi connectivity index (χ0v) is 11.9. The molecule has 1 aromatic rings. The highest BCUT2D eigenvalue weighted by Gasteiger charge is 2.35. The van der Waals surface area contributed by atoms with Crippen LogP contribution in [0.15, 0.2) is 12.1 Å². The molecule has 0 unspecified atom stereocenters. The summed E-state index contributed by atoms with van der Waals surface area (Å²) in [7, 11) is 0. The van der Waals surface area contributed by atoms with Gasteiger partial charge in [-0.25, -0.2) is 0 Å². The first-order valence-corrected chi connectivity index (χ1v) is 7.22. The molecule has 0 aromatic carbocycles. The van der Waals surface area contributed by atoms with Crippen LogP contribution in [-0.4, -0.2) is 17.3 Å². The van der Waals surface area contributed by atoms with Crippen LogP contribution in [0, 0.1) is 0 Å². The van der Waals surface area contributed by atoms with Crippen molar-refractivity contribution in [3.05, 3.63) is 21.9 Å². The first-order valence-electron chi connectivity index (χ1n) is 6.40. The number of nitrogens with one attached hydrogen (secondary N) is 1. The molecule has 2 N–H and O–H groups in total. The molecule has 17 heavy (non-hydrogen) atoms. The van der Waals surface area contributed by atoms with Gasteiger partial charge in [-0.1, -0.05) is 20.8 Å². The van der Waals surface area contributed by atoms with Gasteiger partial charge in [-0.15, -0.1) is 11.3 Å². The van der Waals surface area contributed by atoms with Crippen LogP contribution in [0.4, 0.5) is 0 Å². The lowest BCUT2D eigenvalue weighted by molar-refractivity contribution is 0.0875. The zero-order valence-electron chi connectivity index (χ0n) is 11.0. The minimum Gasteiger partial charge on any atom is -0.394 e. The molecule has 0 radical (unpaired) electrons. The van der Waals surface area contributed by atoms with E-state index < -0.39 is 0 Å². The quantitative estimate of drug-likeness (QED) is 0.864. The Morgan fingerprint density at radius 1 is 1.35 bits per heavy atom. The summed E-state index contributed by atoms with van der Waals surface area (Å²) < 4.78 is 0. The number of rotatable bonds is 4. The van der Waals surface area contributed by atoms with Gasteiger partial charge in [0.25, 0.3) is 0 Å². The fraction of sp³-hybridized carbons (Fsp3) is 0.714. The van der Waals surface area contributed by atoms with Crippen molar-refractivity contribution in [1.82, 2.24) is 5.32 Å². The van der Waals surface area contributed by atoms with Crippen LogP contribution in [-0.2, 0) is 12.0 Å². The molecule has 0 amide bonds. The Balaban J connectivity index is 1.93. The van der Waals surface area contributed by atoms with E-state index in [2.05, 4.69) is 38.2 Å². The second kappa shape index (κ2) is 4.71. The van der Waals surface area contributed by atoms with Gasteiger partial charge in [0.05, 0.1) is 6.61 Å². The molecule has 1 aromatic heterocycles. The monoisotopic (exact) mass is 253 g/mol. The molecule has 3 heteroatoms. The van der Waals surface area contributed by atoms with E-state index in [0.717, 1.165) is 19.4 Å². The molecule has 0 bridgehead atoms. The van der Waals surface area contributed by atoms with Crippen LogP contribution in [0.1, 0.15) is 49.8 Å². The average Bonchev–Trinajstić information content (AvgIpc) is 2.65. The first kappa shape index (κ1) is 13.1. The van der Waals surface area contributed by atoms with E-state index in [1.54, 1.807) is 0 Å². The normalized spacial score (nSPS) is 19.1. The van der Waals surface area contributed by atoms with Crippen LogP contribution < -0.4 is 5.32 Å². The average molecular weight is 253 g/mol. The Hall–Kier alpha value is -0.380. The second-order valence-corrected chi connectivity index (χ2v) is 7.33. The number of thiophene rings is 1. The molecule has 1 heterocycles. The van der Waals surface area contributed by atoms with Crippen LogP contribution in [0.3, 0.4) is 0 Å². The lowest BCUT2D eigenvalue weighted by Crippen LogP contribution is -2.53. The van der Waals surface area contributed by atoms with Gasteiger partial charge in [0.1, 0.15) is 0 Å². The van der Waals surface area contributed by atoms with Gasteiger partial charge in [-0.05, 0) is 36.8 Å². The van der Waals surface area contributed by atoms with E-state index in [-0.39, 0.29) is 17.6 Å². The standard InChI is InChI=1S/C14H23NOS/c1-13(2,3)12-6-5-11(17-12)9-15-14(10-16)7-4-8-14/h5-6,15-16H,4,7-10H2,1-3H3. The van der Waals surface area contributed by atoms with E-state index in [1.165, 1.54) is 16.2 Å². The molecule has 1 saturated carbocycles. The lowest BCUT2D eigenvalue weighted by atomic mass is 9.77. The van der Waals surface area contributed by atoms with Gasteiger partial charge in [0, 0.05) is 21.8 Å². The number of hydrogen-bond acceptors (Lipinski definition) is 3. The highest BCUT2D eigenvalue weighted by molar-refractivity contribution is 7.12. The Bertz CT molecular complexity index is 368. The van der Waals surface area contributed by atoms with Crippen molar-refractivity contribution >= 4 is 11.3 Å². The molecule has 2 rings (SSSR count). The van der Waals surface area contributed by atoms with Gasteiger partial charge >= 0.3 is 0 Å². The summed E-state index contributed by atoms with van der Waals surface area (Å²) in [5.41, 5.74) is 0.264. The molecule has 1 aliphatic carbocycles. The summed E-state index contributed by atoms with van der Waals surface area (Å²) in [5, 5.41) is 12.9. The van der Waals surface area contributed by atoms with Crippen molar-refractivity contribution in [1.29, 1.82) is 0 Å². The maximum absolute atomic E-state index is 9.39. The molecule has 1 aliphatic rings. The summed E-state index contributed by atoms with van der Waals surface area (Å²) in [6, 6.07) is 4.44. The molecule has 0 saturated heterocycles. The molecular weight excluding hydrogens is 230 g/mol. The van der Waals surface area contributed by atoms with E-state index in [0.29, 0.717) is 0 Å². The Kier molecular flexibility index (Phi) is 3.62. The fourth-order valence-electron chi connectivity index (χ4n) is 2.14. The third-order valence-corrected chi connectivity index (χ3v) is 5.16. The van der Waals surface area contributed by atoms with Crippen molar-refractivity contribution in [2.45, 2.75) is 57.5 Å². The van der Waals surface area contributed by atoms with Gasteiger partial charge in [-0.3, -0.25) is 0 Å². The van der Waals surface area contributed by atoms with E-state index >= 15 is 0 Å². The molecule has 96 valence electrons. The van der Waals surface area contributed by atoms with Gasteiger partial charge < -0.3 is 10.4 Å². The zero-order chi connectivity index (χ0) is 12.5. The first-order chi connectivity index (χ1) is 7.95. The highest BCUT2D eigenvalue weighted by Crippen LogP contribution is 2.33. The fourth-order valence-corrected chi connectivity index (χ4v) is 3.15. The second-order valence-electron chi connectivity index (χ2n) is 6.16. The van der Waals surface area contributed by atoms with Gasteiger partial charge in [0.15, 0.2) is 0 Å². The minimum atomic E-state index is 0.0197. The van der Waals surface area contributed by atoms with E-state index in [4.69, 9.17) is 0 Å². The Morgan fingerprint density at radius 2 is 2.06 bits per heavy atom.